The van der Waals surface area contributed by atoms with Gasteiger partial charge in [0, 0.05) is 22.0 Å². The van der Waals surface area contributed by atoms with Crippen LogP contribution in [0, 0.1) is 10.8 Å². The summed E-state index contributed by atoms with van der Waals surface area (Å²) in [5, 5.41) is 19.1. The van der Waals surface area contributed by atoms with Gasteiger partial charge in [0.1, 0.15) is 0 Å². The lowest BCUT2D eigenvalue weighted by molar-refractivity contribution is -0.226. The molecule has 0 saturated carbocycles. The third-order valence-corrected chi connectivity index (χ3v) is 5.17. The van der Waals surface area contributed by atoms with Crippen molar-refractivity contribution in [3.05, 3.63) is 71.8 Å². The van der Waals surface area contributed by atoms with E-state index in [4.69, 9.17) is 9.84 Å². The number of ether oxygens (including phenoxy) is 1. The second-order valence-corrected chi connectivity index (χ2v) is 8.69. The molecule has 1 saturated heterocycles. The van der Waals surface area contributed by atoms with Crippen molar-refractivity contribution in [1.29, 1.82) is 0 Å². The molecule has 1 atom stereocenters. The molecule has 1 fully saturated rings. The fraction of sp³-hybridized carbons (Fsp3) is 0.375. The molecule has 0 bridgehead atoms. The highest BCUT2D eigenvalue weighted by Crippen LogP contribution is 2.48. The zero-order valence-corrected chi connectivity index (χ0v) is 17.7. The fourth-order valence-electron chi connectivity index (χ4n) is 3.37. The van der Waals surface area contributed by atoms with Crippen molar-refractivity contribution in [2.75, 3.05) is 0 Å². The summed E-state index contributed by atoms with van der Waals surface area (Å²) in [6, 6.07) is 17.8. The van der Waals surface area contributed by atoms with Crippen LogP contribution < -0.4 is 0 Å². The molecule has 0 spiro atoms. The molecule has 1 aliphatic rings. The number of ketones is 1. The number of cyclic esters (lactones) is 1. The first kappa shape index (κ1) is 23.3. The van der Waals surface area contributed by atoms with Gasteiger partial charge < -0.3 is 14.9 Å². The molecule has 0 aliphatic carbocycles. The van der Waals surface area contributed by atoms with Gasteiger partial charge in [-0.3, -0.25) is 14.4 Å². The van der Waals surface area contributed by atoms with Gasteiger partial charge in [0.05, 0.1) is 12.8 Å². The molecule has 2 N–H and O–H groups in total. The smallest absolute Gasteiger partial charge is 0.309 e. The third-order valence-electron chi connectivity index (χ3n) is 5.17. The molecule has 3 rings (SSSR count). The summed E-state index contributed by atoms with van der Waals surface area (Å²) >= 11 is 0. The Morgan fingerprint density at radius 1 is 1.00 bits per heavy atom. The topological polar surface area (TPSA) is 101 Å². The summed E-state index contributed by atoms with van der Waals surface area (Å²) in [7, 11) is 0. The first-order valence-corrected chi connectivity index (χ1v) is 9.70. The summed E-state index contributed by atoms with van der Waals surface area (Å²) in [6.07, 6.45) is 0.0825. The number of aliphatic carboxylic acids is 1. The fourth-order valence-corrected chi connectivity index (χ4v) is 3.37. The van der Waals surface area contributed by atoms with E-state index in [2.05, 4.69) is 0 Å². The Labute approximate surface area is 176 Å². The largest absolute Gasteiger partial charge is 0.481 e. The number of hydrogen-bond donors (Lipinski definition) is 2. The van der Waals surface area contributed by atoms with Crippen LogP contribution in [0.3, 0.4) is 0 Å². The van der Waals surface area contributed by atoms with Crippen LogP contribution in [-0.4, -0.2) is 27.9 Å². The normalized spacial score (nSPS) is 20.0. The minimum absolute atomic E-state index is 0.134. The molecule has 1 unspecified atom stereocenters. The van der Waals surface area contributed by atoms with E-state index in [0.29, 0.717) is 11.1 Å². The quantitative estimate of drug-likeness (QED) is 0.564. The summed E-state index contributed by atoms with van der Waals surface area (Å²) < 4.78 is 5.07. The Kier molecular flexibility index (Phi) is 6.83. The monoisotopic (exact) mass is 412 g/mol. The van der Waals surface area contributed by atoms with Gasteiger partial charge in [-0.2, -0.15) is 0 Å². The minimum Gasteiger partial charge on any atom is -0.481 e. The first-order chi connectivity index (χ1) is 13.9. The average Bonchev–Trinajstić information content (AvgIpc) is 2.89. The maximum atomic E-state index is 11.9. The van der Waals surface area contributed by atoms with Crippen LogP contribution in [-0.2, 0) is 20.1 Å². The Morgan fingerprint density at radius 2 is 1.50 bits per heavy atom. The van der Waals surface area contributed by atoms with E-state index in [1.54, 1.807) is 50.2 Å². The lowest BCUT2D eigenvalue weighted by Crippen LogP contribution is -2.38. The molecule has 30 heavy (non-hydrogen) atoms. The molecule has 6 heteroatoms. The van der Waals surface area contributed by atoms with E-state index < -0.39 is 22.6 Å². The number of benzene rings is 2. The Hall–Kier alpha value is -2.99. The second kappa shape index (κ2) is 8.79. The van der Waals surface area contributed by atoms with E-state index in [1.807, 2.05) is 38.1 Å². The van der Waals surface area contributed by atoms with Gasteiger partial charge in [-0.1, -0.05) is 88.4 Å². The van der Waals surface area contributed by atoms with E-state index in [1.165, 1.54) is 0 Å². The average molecular weight is 412 g/mol. The zero-order chi connectivity index (χ0) is 22.6. The number of hydrogen-bond acceptors (Lipinski definition) is 5. The number of carboxylic acid groups (broad SMARTS) is 1. The van der Waals surface area contributed by atoms with Crippen LogP contribution >= 0.6 is 0 Å². The number of carbonyl (C=O) groups excluding carboxylic acids is 2. The van der Waals surface area contributed by atoms with E-state index >= 15 is 0 Å². The highest BCUT2D eigenvalue weighted by Gasteiger charge is 2.55. The van der Waals surface area contributed by atoms with Crippen molar-refractivity contribution in [2.45, 2.75) is 46.3 Å². The predicted octanol–water partition coefficient (Wildman–Crippen LogP) is 4.18. The SMILES string of the molecule is CC(C)(CC(=O)O)C(=O)c1ccccc1.CC1(C)CC(=O)OC1(O)c1ccccc1. The lowest BCUT2D eigenvalue weighted by Gasteiger charge is -2.33. The van der Waals surface area contributed by atoms with Crippen molar-refractivity contribution in [1.82, 2.24) is 0 Å². The Bertz CT molecular complexity index is 902. The molecule has 1 heterocycles. The Morgan fingerprint density at radius 3 is 1.93 bits per heavy atom. The number of aliphatic hydroxyl groups is 1. The first-order valence-electron chi connectivity index (χ1n) is 9.70. The van der Waals surface area contributed by atoms with Crippen LogP contribution in [0.25, 0.3) is 0 Å². The summed E-state index contributed by atoms with van der Waals surface area (Å²) in [4.78, 5) is 33.8. The molecule has 0 radical (unpaired) electrons. The number of esters is 1. The minimum atomic E-state index is -1.49. The van der Waals surface area contributed by atoms with E-state index in [-0.39, 0.29) is 24.6 Å². The van der Waals surface area contributed by atoms with Crippen molar-refractivity contribution in [2.24, 2.45) is 10.8 Å². The van der Waals surface area contributed by atoms with E-state index in [0.717, 1.165) is 0 Å². The van der Waals surface area contributed by atoms with Crippen molar-refractivity contribution in [3.63, 3.8) is 0 Å². The number of carboxylic acids is 1. The van der Waals surface area contributed by atoms with Crippen LogP contribution in [0.1, 0.15) is 56.5 Å². The maximum absolute atomic E-state index is 11.9. The number of Topliss-reactive ketones (excluding diaryl/α,β-unsaturated/α-hetero) is 1. The van der Waals surface area contributed by atoms with Crippen LogP contribution in [0.5, 0.6) is 0 Å². The highest BCUT2D eigenvalue weighted by molar-refractivity contribution is 6.01. The van der Waals surface area contributed by atoms with Crippen LogP contribution in [0.15, 0.2) is 60.7 Å². The van der Waals surface area contributed by atoms with Crippen molar-refractivity contribution < 1.29 is 29.3 Å². The second-order valence-electron chi connectivity index (χ2n) is 8.69. The van der Waals surface area contributed by atoms with Gasteiger partial charge in [0.2, 0.25) is 5.79 Å². The molecular weight excluding hydrogens is 384 g/mol. The van der Waals surface area contributed by atoms with Gasteiger partial charge in [-0.25, -0.2) is 0 Å². The number of carbonyl (C=O) groups is 3. The van der Waals surface area contributed by atoms with Crippen molar-refractivity contribution >= 4 is 17.7 Å². The van der Waals surface area contributed by atoms with E-state index in [9.17, 15) is 19.5 Å². The summed E-state index contributed by atoms with van der Waals surface area (Å²) in [5.74, 6) is -2.94. The third kappa shape index (κ3) is 5.13. The van der Waals surface area contributed by atoms with Crippen LogP contribution in [0.4, 0.5) is 0 Å². The highest BCUT2D eigenvalue weighted by atomic mass is 16.7. The molecule has 160 valence electrons. The maximum Gasteiger partial charge on any atom is 0.309 e. The molecule has 0 aromatic heterocycles. The molecule has 2 aromatic rings. The molecule has 2 aromatic carbocycles. The van der Waals surface area contributed by atoms with Gasteiger partial charge in [0.15, 0.2) is 5.78 Å². The zero-order valence-electron chi connectivity index (χ0n) is 17.7. The van der Waals surface area contributed by atoms with Gasteiger partial charge in [-0.15, -0.1) is 0 Å². The molecular formula is C24H28O6. The lowest BCUT2D eigenvalue weighted by atomic mass is 9.79. The Balaban J connectivity index is 0.000000214. The van der Waals surface area contributed by atoms with Crippen LogP contribution in [0.2, 0.25) is 0 Å². The molecule has 0 amide bonds. The van der Waals surface area contributed by atoms with Gasteiger partial charge in [0.25, 0.3) is 0 Å². The van der Waals surface area contributed by atoms with Gasteiger partial charge >= 0.3 is 11.9 Å². The molecule has 6 nitrogen and oxygen atoms in total. The predicted molar refractivity (Wildman–Crippen MR) is 112 cm³/mol. The summed E-state index contributed by atoms with van der Waals surface area (Å²) in [5.41, 5.74) is -0.261. The standard InChI is InChI=1S/2C12H14O3/c1-11(2)8-10(13)15-12(11,14)9-6-4-3-5-7-9;1-12(2,8-10(13)14)11(15)9-6-4-3-5-7-9/h3-7,14H,8H2,1-2H3;3-7H,8H2,1-2H3,(H,13,14). The number of rotatable bonds is 5. The summed E-state index contributed by atoms with van der Waals surface area (Å²) in [6.45, 7) is 6.95. The molecule has 1 aliphatic heterocycles. The van der Waals surface area contributed by atoms with Crippen molar-refractivity contribution in [3.8, 4) is 0 Å². The van der Waals surface area contributed by atoms with Gasteiger partial charge in [-0.05, 0) is 0 Å².